The lowest BCUT2D eigenvalue weighted by Crippen LogP contribution is -2.45. The van der Waals surface area contributed by atoms with Crippen molar-refractivity contribution in [1.29, 1.82) is 0 Å². The van der Waals surface area contributed by atoms with E-state index in [1.54, 1.807) is 43.5 Å². The summed E-state index contributed by atoms with van der Waals surface area (Å²) in [7, 11) is 0. The highest BCUT2D eigenvalue weighted by Crippen LogP contribution is 2.48. The topological polar surface area (TPSA) is 201 Å². The van der Waals surface area contributed by atoms with Gasteiger partial charge < -0.3 is 39.3 Å². The number of aromatic nitrogens is 2. The number of halogens is 1. The number of alkyl carbamates (subject to hydrolysis) is 1. The third kappa shape index (κ3) is 10.0. The van der Waals surface area contributed by atoms with Crippen LogP contribution in [0.4, 0.5) is 14.9 Å². The number of anilines is 1. The molecule has 3 N–H and O–H groups in total. The van der Waals surface area contributed by atoms with Gasteiger partial charge in [-0.3, -0.25) is 19.2 Å². The van der Waals surface area contributed by atoms with Crippen molar-refractivity contribution < 1.29 is 52.4 Å². The number of rotatable bonds is 18. The molecular formula is C64H67FN4O11. The molecule has 1 fully saturated rings. The summed E-state index contributed by atoms with van der Waals surface area (Å²) in [6.45, 7) is 8.76. The van der Waals surface area contributed by atoms with Crippen molar-refractivity contribution in [2.24, 2.45) is 11.8 Å². The number of Topliss-reactive ketones (excluding diaryl/α,β-unsaturated/α-hetero) is 2. The predicted octanol–water partition coefficient (Wildman–Crippen LogP) is 10.5. The molecule has 0 radical (unpaired) electrons. The summed E-state index contributed by atoms with van der Waals surface area (Å²) in [6, 6.07) is 25.6. The molecule has 15 nitrogen and oxygen atoms in total. The summed E-state index contributed by atoms with van der Waals surface area (Å²) in [5, 5.41) is 18.0. The number of nitrogens with zero attached hydrogens (tertiary/aromatic N) is 2. The fourth-order valence-electron chi connectivity index (χ4n) is 12.9. The Morgan fingerprint density at radius 1 is 0.900 bits per heavy atom. The molecule has 416 valence electrons. The van der Waals surface area contributed by atoms with Crippen LogP contribution < -0.4 is 16.2 Å². The van der Waals surface area contributed by atoms with Gasteiger partial charge in [0.15, 0.2) is 23.0 Å². The van der Waals surface area contributed by atoms with Gasteiger partial charge in [0.2, 0.25) is 5.91 Å². The van der Waals surface area contributed by atoms with Gasteiger partial charge in [0.1, 0.15) is 25.6 Å². The number of hydrogen-bond donors (Lipinski definition) is 3. The van der Waals surface area contributed by atoms with E-state index in [9.17, 15) is 33.9 Å². The van der Waals surface area contributed by atoms with Crippen LogP contribution in [0.1, 0.15) is 147 Å². The summed E-state index contributed by atoms with van der Waals surface area (Å²) in [4.78, 5) is 86.4. The monoisotopic (exact) mass is 1090 g/mol. The van der Waals surface area contributed by atoms with Crippen LogP contribution in [0.3, 0.4) is 0 Å². The Balaban J connectivity index is 0.706. The molecule has 1 saturated carbocycles. The van der Waals surface area contributed by atoms with Crippen LogP contribution in [-0.2, 0) is 69.9 Å². The van der Waals surface area contributed by atoms with E-state index < -0.39 is 46.8 Å². The first-order valence-electron chi connectivity index (χ1n) is 28.1. The first-order valence-corrected chi connectivity index (χ1v) is 28.1. The first-order chi connectivity index (χ1) is 38.5. The Labute approximate surface area is 463 Å². The van der Waals surface area contributed by atoms with Crippen molar-refractivity contribution in [3.8, 4) is 22.5 Å². The van der Waals surface area contributed by atoms with E-state index in [1.165, 1.54) is 6.07 Å². The van der Waals surface area contributed by atoms with E-state index >= 15 is 4.39 Å². The highest BCUT2D eigenvalue weighted by molar-refractivity contribution is 5.97. The lowest BCUT2D eigenvalue weighted by molar-refractivity contribution is -0.256. The van der Waals surface area contributed by atoms with Gasteiger partial charge in [0.05, 0.1) is 41.7 Å². The van der Waals surface area contributed by atoms with Crippen molar-refractivity contribution in [2.75, 3.05) is 18.5 Å². The van der Waals surface area contributed by atoms with Crippen molar-refractivity contribution in [3.05, 3.63) is 151 Å². The Morgan fingerprint density at radius 3 is 2.29 bits per heavy atom. The summed E-state index contributed by atoms with van der Waals surface area (Å²) in [6.07, 6.45) is 4.38. The second-order valence-corrected chi connectivity index (χ2v) is 22.8. The van der Waals surface area contributed by atoms with Gasteiger partial charge in [-0.05, 0) is 114 Å². The molecule has 4 aromatic carbocycles. The summed E-state index contributed by atoms with van der Waals surface area (Å²) < 4.78 is 41.2. The number of ketones is 2. The molecule has 5 aliphatic rings. The molecule has 0 spiro atoms. The van der Waals surface area contributed by atoms with Gasteiger partial charge in [-0.15, -0.1) is 0 Å². The van der Waals surface area contributed by atoms with Gasteiger partial charge in [0, 0.05) is 65.8 Å². The number of ether oxygens (including phenoxy) is 4. The van der Waals surface area contributed by atoms with Gasteiger partial charge >= 0.3 is 12.1 Å². The molecule has 3 aliphatic carbocycles. The molecule has 0 saturated heterocycles. The van der Waals surface area contributed by atoms with E-state index in [0.717, 1.165) is 69.2 Å². The number of amides is 2. The molecule has 0 unspecified atom stereocenters. The van der Waals surface area contributed by atoms with Crippen LogP contribution in [-0.4, -0.2) is 69.2 Å². The number of pyridine rings is 2. The van der Waals surface area contributed by atoms with Crippen LogP contribution in [0, 0.1) is 24.6 Å². The fourth-order valence-corrected chi connectivity index (χ4v) is 12.9. The minimum Gasteiger partial charge on any atom is -0.458 e. The van der Waals surface area contributed by atoms with E-state index in [-0.39, 0.29) is 98.6 Å². The Kier molecular flexibility index (Phi) is 14.9. The van der Waals surface area contributed by atoms with Gasteiger partial charge in [-0.1, -0.05) is 94.8 Å². The molecular weight excluding hydrogens is 1020 g/mol. The maximum absolute atomic E-state index is 15.6. The van der Waals surface area contributed by atoms with Crippen molar-refractivity contribution in [1.82, 2.24) is 14.9 Å². The van der Waals surface area contributed by atoms with Crippen LogP contribution in [0.25, 0.3) is 33.4 Å². The van der Waals surface area contributed by atoms with Gasteiger partial charge in [-0.25, -0.2) is 19.0 Å². The number of esters is 1. The number of cyclic esters (lactones) is 1. The zero-order valence-electron chi connectivity index (χ0n) is 45.9. The first kappa shape index (κ1) is 54.6. The SMILES string of the molecule is CC[C@@]1(O)C(=O)OCc2c1cc1n(c2=O)Cc2c-1nc1cc(F)c(C)c3c1c2[C@@H](CC(=O)COC1(OCc2ccc(NC(=O)[C@H](C)CC(=O)[C@@H](NC(=O)OCC4c5ccccc5-c5ccccc54)C(C)C)cc2)CCCCC1)CC3. The predicted molar refractivity (Wildman–Crippen MR) is 297 cm³/mol. The van der Waals surface area contributed by atoms with Gasteiger partial charge in [-0.2, -0.15) is 0 Å². The number of carbonyl (C=O) groups excluding carboxylic acids is 5. The quantitative estimate of drug-likeness (QED) is 0.0543. The van der Waals surface area contributed by atoms with E-state index in [0.29, 0.717) is 53.8 Å². The number of aryl methyl sites for hydroxylation is 1. The molecule has 2 aliphatic heterocycles. The maximum atomic E-state index is 15.6. The largest absolute Gasteiger partial charge is 0.458 e. The van der Waals surface area contributed by atoms with E-state index in [1.807, 2.05) is 62.4 Å². The summed E-state index contributed by atoms with van der Waals surface area (Å²) in [5.41, 5.74) is 8.01. The minimum absolute atomic E-state index is 0.00494. The molecule has 2 aromatic heterocycles. The molecule has 6 aromatic rings. The Morgan fingerprint density at radius 2 is 1.60 bits per heavy atom. The standard InChI is InChI=1S/C64H67FN4O11/c1-6-64(76)50-28-53-58-47(30-69(53)60(73)49(50)34-77-61(64)74)55-39(20-23-42-37(5)51(65)29-52(67-58)56(42)55)27-41(70)32-80-63(24-12-7-13-25-63)79-31-38-18-21-40(22-19-38)66-59(72)36(4)26-54(71)57(35(2)3)68-62(75)78-33-48-45-16-10-8-14-43(45)44-15-9-11-17-46(44)48/h8-11,14-19,21-22,28-29,35-36,39,48,57,76H,6-7,12-13,20,23-27,30-34H2,1-5H3,(H,66,72)(H,68,75)/t36-,39-,57+,64+/m1/s1. The highest BCUT2D eigenvalue weighted by atomic mass is 19.1. The molecule has 80 heavy (non-hydrogen) atoms. The third-order valence-electron chi connectivity index (χ3n) is 17.4. The second-order valence-electron chi connectivity index (χ2n) is 22.8. The third-order valence-corrected chi connectivity index (χ3v) is 17.4. The number of aliphatic hydroxyl groups is 1. The van der Waals surface area contributed by atoms with E-state index in [4.69, 9.17) is 23.9 Å². The van der Waals surface area contributed by atoms with Crippen molar-refractivity contribution >= 4 is 46.1 Å². The van der Waals surface area contributed by atoms with Crippen LogP contribution in [0.5, 0.6) is 0 Å². The van der Waals surface area contributed by atoms with Crippen molar-refractivity contribution in [2.45, 2.75) is 148 Å². The van der Waals surface area contributed by atoms with Crippen LogP contribution in [0.15, 0.2) is 89.7 Å². The Hall–Kier alpha value is -7.40. The minimum atomic E-state index is -2.01. The number of hydrogen-bond acceptors (Lipinski definition) is 12. The molecule has 16 heteroatoms. The lowest BCUT2D eigenvalue weighted by atomic mass is 9.76. The average Bonchev–Trinajstić information content (AvgIpc) is 4.20. The fraction of sp³-hybridized carbons (Fsp3) is 0.422. The van der Waals surface area contributed by atoms with Gasteiger partial charge in [0.25, 0.3) is 5.56 Å². The molecule has 11 rings (SSSR count). The zero-order valence-corrected chi connectivity index (χ0v) is 45.9. The number of fused-ring (bicyclic) bond motifs is 8. The van der Waals surface area contributed by atoms with E-state index in [2.05, 4.69) is 22.8 Å². The summed E-state index contributed by atoms with van der Waals surface area (Å²) >= 11 is 0. The molecule has 2 amide bonds. The molecule has 4 heterocycles. The molecule has 4 atom stereocenters. The number of nitrogens with one attached hydrogen (secondary N) is 2. The number of carbonyl (C=O) groups is 5. The smallest absolute Gasteiger partial charge is 0.407 e. The Bertz CT molecular complexity index is 3500. The van der Waals surface area contributed by atoms with Crippen LogP contribution in [0.2, 0.25) is 0 Å². The lowest BCUT2D eigenvalue weighted by Gasteiger charge is -2.37. The summed E-state index contributed by atoms with van der Waals surface area (Å²) in [5.74, 6) is -4.32. The van der Waals surface area contributed by atoms with Crippen LogP contribution >= 0.6 is 0 Å². The normalized spacial score (nSPS) is 19.2. The second kappa shape index (κ2) is 21.9. The maximum Gasteiger partial charge on any atom is 0.407 e. The number of benzene rings is 4. The zero-order chi connectivity index (χ0) is 56.2. The molecule has 0 bridgehead atoms. The average molecular weight is 1090 g/mol. The highest BCUT2D eigenvalue weighted by Gasteiger charge is 2.46. The van der Waals surface area contributed by atoms with Crippen molar-refractivity contribution in [3.63, 3.8) is 0 Å².